The largest absolute Gasteiger partial charge is 0.466 e. The van der Waals surface area contributed by atoms with Crippen molar-refractivity contribution in [2.24, 2.45) is 0 Å². The van der Waals surface area contributed by atoms with Crippen LogP contribution in [0.25, 0.3) is 5.69 Å². The van der Waals surface area contributed by atoms with Gasteiger partial charge in [-0.1, -0.05) is 0 Å². The summed E-state index contributed by atoms with van der Waals surface area (Å²) in [7, 11) is 0. The minimum absolute atomic E-state index is 0.285. The Hall–Kier alpha value is -2.96. The minimum Gasteiger partial charge on any atom is -0.466 e. The van der Waals surface area contributed by atoms with Gasteiger partial charge in [0.15, 0.2) is 17.3 Å². The normalized spacial score (nSPS) is 13.0. The molecule has 2 aromatic heterocycles. The summed E-state index contributed by atoms with van der Waals surface area (Å²) >= 11 is 0. The van der Waals surface area contributed by atoms with Crippen LogP contribution in [0.1, 0.15) is 45.3 Å². The van der Waals surface area contributed by atoms with Crippen molar-refractivity contribution >= 4 is 5.91 Å². The van der Waals surface area contributed by atoms with Gasteiger partial charge in [-0.15, -0.1) is 0 Å². The molecule has 7 heteroatoms. The van der Waals surface area contributed by atoms with Gasteiger partial charge in [0.25, 0.3) is 5.91 Å². The molecular formula is C20H19F2N3O2. The molecule has 0 unspecified atom stereocenters. The number of furan rings is 1. The van der Waals surface area contributed by atoms with Gasteiger partial charge in [0.2, 0.25) is 0 Å². The van der Waals surface area contributed by atoms with Gasteiger partial charge in [0.05, 0.1) is 5.69 Å². The quantitative estimate of drug-likeness (QED) is 0.759. The van der Waals surface area contributed by atoms with Crippen LogP contribution in [0.5, 0.6) is 0 Å². The third-order valence-corrected chi connectivity index (χ3v) is 4.88. The first-order valence-corrected chi connectivity index (χ1v) is 8.84. The number of benzene rings is 1. The number of aryl methyl sites for hydroxylation is 2. The van der Waals surface area contributed by atoms with Crippen molar-refractivity contribution in [3.05, 3.63) is 69.9 Å². The third-order valence-electron chi connectivity index (χ3n) is 4.88. The molecule has 0 atom stereocenters. The molecule has 140 valence electrons. The fourth-order valence-corrected chi connectivity index (χ4v) is 3.57. The summed E-state index contributed by atoms with van der Waals surface area (Å²) in [5, 5.41) is 7.28. The van der Waals surface area contributed by atoms with Crippen molar-refractivity contribution in [3.63, 3.8) is 0 Å². The highest BCUT2D eigenvalue weighted by molar-refractivity contribution is 5.94. The second-order valence-corrected chi connectivity index (χ2v) is 6.76. The van der Waals surface area contributed by atoms with E-state index in [0.717, 1.165) is 59.7 Å². The molecule has 0 fully saturated rings. The van der Waals surface area contributed by atoms with Gasteiger partial charge in [0, 0.05) is 29.4 Å². The van der Waals surface area contributed by atoms with Crippen LogP contribution in [-0.2, 0) is 19.4 Å². The van der Waals surface area contributed by atoms with E-state index in [0.29, 0.717) is 17.9 Å². The second kappa shape index (κ2) is 6.64. The van der Waals surface area contributed by atoms with E-state index in [9.17, 15) is 13.6 Å². The smallest absolute Gasteiger partial charge is 0.272 e. The number of aromatic nitrogens is 2. The SMILES string of the molecule is Cc1cc(CNC(=O)c2nn(-c3ccc(F)c(F)c3)c3c2CCC3)c(C)o1. The number of halogens is 2. The van der Waals surface area contributed by atoms with Crippen LogP contribution in [0.15, 0.2) is 28.7 Å². The maximum absolute atomic E-state index is 13.6. The van der Waals surface area contributed by atoms with Gasteiger partial charge in [-0.25, -0.2) is 13.5 Å². The molecule has 0 spiro atoms. The molecule has 4 rings (SSSR count). The van der Waals surface area contributed by atoms with Crippen LogP contribution in [0, 0.1) is 25.5 Å². The van der Waals surface area contributed by atoms with Gasteiger partial charge in [-0.2, -0.15) is 5.10 Å². The molecule has 0 aliphatic heterocycles. The fraction of sp³-hybridized carbons (Fsp3) is 0.300. The van der Waals surface area contributed by atoms with Crippen molar-refractivity contribution < 1.29 is 18.0 Å². The van der Waals surface area contributed by atoms with E-state index in [1.54, 1.807) is 4.68 Å². The van der Waals surface area contributed by atoms with Crippen LogP contribution in [0.2, 0.25) is 0 Å². The first kappa shape index (κ1) is 17.5. The lowest BCUT2D eigenvalue weighted by molar-refractivity contribution is 0.0944. The minimum atomic E-state index is -0.938. The van der Waals surface area contributed by atoms with Crippen LogP contribution in [0.4, 0.5) is 8.78 Å². The first-order valence-electron chi connectivity index (χ1n) is 8.84. The van der Waals surface area contributed by atoms with Crippen molar-refractivity contribution in [1.29, 1.82) is 0 Å². The summed E-state index contributed by atoms with van der Waals surface area (Å²) in [4.78, 5) is 12.7. The van der Waals surface area contributed by atoms with Gasteiger partial charge in [-0.05, 0) is 51.3 Å². The molecule has 5 nitrogen and oxygen atoms in total. The lowest BCUT2D eigenvalue weighted by Gasteiger charge is -2.06. The Morgan fingerprint density at radius 2 is 2.04 bits per heavy atom. The van der Waals surface area contributed by atoms with E-state index in [1.807, 2.05) is 19.9 Å². The van der Waals surface area contributed by atoms with Crippen LogP contribution in [-0.4, -0.2) is 15.7 Å². The van der Waals surface area contributed by atoms with Crippen LogP contribution < -0.4 is 5.32 Å². The maximum Gasteiger partial charge on any atom is 0.272 e. The summed E-state index contributed by atoms with van der Waals surface area (Å²) < 4.78 is 33.9. The maximum atomic E-state index is 13.6. The second-order valence-electron chi connectivity index (χ2n) is 6.76. The van der Waals surface area contributed by atoms with Gasteiger partial charge >= 0.3 is 0 Å². The van der Waals surface area contributed by atoms with Crippen molar-refractivity contribution in [2.75, 3.05) is 0 Å². The van der Waals surface area contributed by atoms with Crippen molar-refractivity contribution in [1.82, 2.24) is 15.1 Å². The van der Waals surface area contributed by atoms with Gasteiger partial charge < -0.3 is 9.73 Å². The third kappa shape index (κ3) is 3.13. The summed E-state index contributed by atoms with van der Waals surface area (Å²) in [6, 6.07) is 5.51. The zero-order valence-electron chi connectivity index (χ0n) is 15.1. The van der Waals surface area contributed by atoms with E-state index in [-0.39, 0.29) is 5.91 Å². The van der Waals surface area contributed by atoms with E-state index in [4.69, 9.17) is 4.42 Å². The zero-order valence-corrected chi connectivity index (χ0v) is 15.1. The summed E-state index contributed by atoms with van der Waals surface area (Å²) in [5.41, 5.74) is 3.41. The molecule has 1 aliphatic carbocycles. The Morgan fingerprint density at radius 3 is 2.74 bits per heavy atom. The zero-order chi connectivity index (χ0) is 19.1. The Balaban J connectivity index is 1.62. The van der Waals surface area contributed by atoms with Crippen molar-refractivity contribution in [3.8, 4) is 5.69 Å². The van der Waals surface area contributed by atoms with E-state index in [2.05, 4.69) is 10.4 Å². The van der Waals surface area contributed by atoms with E-state index >= 15 is 0 Å². The molecule has 3 aromatic rings. The first-order chi connectivity index (χ1) is 12.9. The summed E-state index contributed by atoms with van der Waals surface area (Å²) in [6.07, 6.45) is 2.39. The fourth-order valence-electron chi connectivity index (χ4n) is 3.57. The van der Waals surface area contributed by atoms with E-state index in [1.165, 1.54) is 6.07 Å². The molecule has 0 saturated heterocycles. The number of carbonyl (C=O) groups excluding carboxylic acids is 1. The van der Waals surface area contributed by atoms with Crippen LogP contribution in [0.3, 0.4) is 0 Å². The molecular weight excluding hydrogens is 352 g/mol. The topological polar surface area (TPSA) is 60.1 Å². The predicted molar refractivity (Wildman–Crippen MR) is 94.9 cm³/mol. The number of hydrogen-bond donors (Lipinski definition) is 1. The number of nitrogens with one attached hydrogen (secondary N) is 1. The average Bonchev–Trinajstić information content (AvgIpc) is 3.30. The molecule has 27 heavy (non-hydrogen) atoms. The highest BCUT2D eigenvalue weighted by Crippen LogP contribution is 2.28. The van der Waals surface area contributed by atoms with E-state index < -0.39 is 11.6 Å². The number of fused-ring (bicyclic) bond motifs is 1. The number of carbonyl (C=O) groups is 1. The Kier molecular flexibility index (Phi) is 4.30. The predicted octanol–water partition coefficient (Wildman–Crippen LogP) is 3.78. The Labute approximate surface area is 155 Å². The monoisotopic (exact) mass is 371 g/mol. The molecule has 1 aromatic carbocycles. The molecule has 2 heterocycles. The highest BCUT2D eigenvalue weighted by Gasteiger charge is 2.27. The van der Waals surface area contributed by atoms with Gasteiger partial charge in [0.1, 0.15) is 11.5 Å². The molecule has 0 radical (unpaired) electrons. The van der Waals surface area contributed by atoms with Crippen LogP contribution >= 0.6 is 0 Å². The molecule has 0 saturated carbocycles. The number of amides is 1. The molecule has 1 aliphatic rings. The van der Waals surface area contributed by atoms with Crippen molar-refractivity contribution in [2.45, 2.75) is 39.7 Å². The molecule has 1 amide bonds. The standard InChI is InChI=1S/C20H19F2N3O2/c1-11-8-13(12(2)27-11)10-23-20(26)19-15-4-3-5-18(15)25(24-19)14-6-7-16(21)17(22)9-14/h6-9H,3-5,10H2,1-2H3,(H,23,26). The summed E-state index contributed by atoms with van der Waals surface area (Å²) in [5.74, 6) is -0.573. The average molecular weight is 371 g/mol. The molecule has 1 N–H and O–H groups in total. The summed E-state index contributed by atoms with van der Waals surface area (Å²) in [6.45, 7) is 4.05. The lowest BCUT2D eigenvalue weighted by Crippen LogP contribution is -2.24. The Morgan fingerprint density at radius 1 is 1.22 bits per heavy atom. The van der Waals surface area contributed by atoms with Gasteiger partial charge in [-0.3, -0.25) is 4.79 Å². The number of nitrogens with zero attached hydrogens (tertiary/aromatic N) is 2. The highest BCUT2D eigenvalue weighted by atomic mass is 19.2. The lowest BCUT2D eigenvalue weighted by atomic mass is 10.2. The number of rotatable bonds is 4. The molecule has 0 bridgehead atoms. The number of hydrogen-bond acceptors (Lipinski definition) is 3. The Bertz CT molecular complexity index is 1040.